The molecule has 19 heavy (non-hydrogen) atoms. The van der Waals surface area contributed by atoms with Crippen LogP contribution in [0.5, 0.6) is 0 Å². The van der Waals surface area contributed by atoms with E-state index in [1.54, 1.807) is 18.6 Å². The van der Waals surface area contributed by atoms with Crippen LogP contribution < -0.4 is 5.32 Å². The molecular formula is C13H19N5O. The molecule has 0 unspecified atom stereocenters. The first-order chi connectivity index (χ1) is 8.89. The van der Waals surface area contributed by atoms with Crippen LogP contribution in [0.1, 0.15) is 55.6 Å². The van der Waals surface area contributed by atoms with Crippen LogP contribution in [0, 0.1) is 0 Å². The Kier molecular flexibility index (Phi) is 3.42. The number of imidazole rings is 1. The van der Waals surface area contributed by atoms with Gasteiger partial charge in [-0.05, 0) is 6.92 Å². The number of rotatable bonds is 3. The van der Waals surface area contributed by atoms with Crippen molar-refractivity contribution < 1.29 is 4.79 Å². The zero-order chi connectivity index (χ0) is 14.0. The van der Waals surface area contributed by atoms with Gasteiger partial charge in [-0.15, -0.1) is 0 Å². The van der Waals surface area contributed by atoms with E-state index in [0.717, 1.165) is 11.5 Å². The molecule has 0 radical (unpaired) electrons. The first-order valence-corrected chi connectivity index (χ1v) is 6.23. The lowest BCUT2D eigenvalue weighted by Crippen LogP contribution is -2.29. The van der Waals surface area contributed by atoms with Crippen LogP contribution >= 0.6 is 0 Å². The summed E-state index contributed by atoms with van der Waals surface area (Å²) < 4.78 is 0. The molecule has 0 bridgehead atoms. The van der Waals surface area contributed by atoms with Crippen molar-refractivity contribution in [2.24, 2.45) is 0 Å². The summed E-state index contributed by atoms with van der Waals surface area (Å²) in [5, 5.41) is 9.78. The van der Waals surface area contributed by atoms with E-state index in [1.807, 2.05) is 27.7 Å². The molecule has 0 aliphatic heterocycles. The number of hydrogen-bond acceptors (Lipinski definition) is 3. The fourth-order valence-corrected chi connectivity index (χ4v) is 1.89. The van der Waals surface area contributed by atoms with E-state index in [-0.39, 0.29) is 17.4 Å². The van der Waals surface area contributed by atoms with Gasteiger partial charge in [0.25, 0.3) is 5.91 Å². The van der Waals surface area contributed by atoms with Crippen LogP contribution in [-0.2, 0) is 5.41 Å². The second-order valence-electron chi connectivity index (χ2n) is 5.58. The lowest BCUT2D eigenvalue weighted by atomic mass is 9.89. The van der Waals surface area contributed by atoms with E-state index in [2.05, 4.69) is 25.5 Å². The Labute approximate surface area is 112 Å². The minimum Gasteiger partial charge on any atom is -0.347 e. The van der Waals surface area contributed by atoms with Crippen LogP contribution in [0.4, 0.5) is 0 Å². The molecule has 6 nitrogen and oxygen atoms in total. The van der Waals surface area contributed by atoms with E-state index >= 15 is 0 Å². The number of carbonyl (C=O) groups is 1. The Morgan fingerprint density at radius 1 is 1.42 bits per heavy atom. The van der Waals surface area contributed by atoms with Crippen molar-refractivity contribution in [2.45, 2.75) is 39.2 Å². The highest BCUT2D eigenvalue weighted by atomic mass is 16.1. The second kappa shape index (κ2) is 4.87. The molecule has 2 heterocycles. The van der Waals surface area contributed by atoms with Gasteiger partial charge in [0.15, 0.2) is 0 Å². The van der Waals surface area contributed by atoms with E-state index in [9.17, 15) is 4.79 Å². The van der Waals surface area contributed by atoms with Crippen molar-refractivity contribution in [1.29, 1.82) is 0 Å². The lowest BCUT2D eigenvalue weighted by Gasteiger charge is -2.19. The summed E-state index contributed by atoms with van der Waals surface area (Å²) in [5.41, 5.74) is 1.25. The lowest BCUT2D eigenvalue weighted by molar-refractivity contribution is 0.0936. The molecule has 2 rings (SSSR count). The van der Waals surface area contributed by atoms with Gasteiger partial charge in [0.2, 0.25) is 0 Å². The van der Waals surface area contributed by atoms with Crippen molar-refractivity contribution in [3.63, 3.8) is 0 Å². The first kappa shape index (κ1) is 13.3. The number of H-pyrrole nitrogens is 2. The van der Waals surface area contributed by atoms with Gasteiger partial charge in [0.1, 0.15) is 5.82 Å². The standard InChI is InChI=1S/C13H19N5O/c1-8(11-14-5-6-15-11)17-12(19)9-7-16-18-10(9)13(2,3)4/h5-8H,1-4H3,(H,14,15)(H,16,18)(H,17,19)/t8-/m1/s1. The molecule has 0 fully saturated rings. The van der Waals surface area contributed by atoms with Gasteiger partial charge in [-0.25, -0.2) is 4.98 Å². The van der Waals surface area contributed by atoms with Gasteiger partial charge in [0.05, 0.1) is 23.5 Å². The Bertz CT molecular complexity index is 550. The van der Waals surface area contributed by atoms with Crippen molar-refractivity contribution in [3.8, 4) is 0 Å². The van der Waals surface area contributed by atoms with Gasteiger partial charge in [-0.3, -0.25) is 9.89 Å². The molecule has 3 N–H and O–H groups in total. The number of amides is 1. The van der Waals surface area contributed by atoms with Crippen molar-refractivity contribution in [2.75, 3.05) is 0 Å². The predicted molar refractivity (Wildman–Crippen MR) is 71.8 cm³/mol. The Morgan fingerprint density at radius 3 is 2.74 bits per heavy atom. The summed E-state index contributed by atoms with van der Waals surface area (Å²) >= 11 is 0. The third-order valence-corrected chi connectivity index (χ3v) is 2.91. The molecule has 2 aromatic heterocycles. The maximum atomic E-state index is 12.3. The Morgan fingerprint density at radius 2 is 2.16 bits per heavy atom. The molecule has 6 heteroatoms. The molecule has 0 saturated carbocycles. The van der Waals surface area contributed by atoms with Crippen LogP contribution in [0.25, 0.3) is 0 Å². The molecule has 0 aliphatic carbocycles. The summed E-state index contributed by atoms with van der Waals surface area (Å²) in [4.78, 5) is 19.4. The zero-order valence-electron chi connectivity index (χ0n) is 11.6. The number of nitrogens with one attached hydrogen (secondary N) is 3. The van der Waals surface area contributed by atoms with Crippen LogP contribution in [0.2, 0.25) is 0 Å². The second-order valence-corrected chi connectivity index (χ2v) is 5.58. The minimum atomic E-state index is -0.176. The maximum absolute atomic E-state index is 12.3. The maximum Gasteiger partial charge on any atom is 0.255 e. The highest BCUT2D eigenvalue weighted by Crippen LogP contribution is 2.23. The summed E-state index contributed by atoms with van der Waals surface area (Å²) in [5.74, 6) is 0.580. The van der Waals surface area contributed by atoms with Gasteiger partial charge in [-0.1, -0.05) is 20.8 Å². The van der Waals surface area contributed by atoms with Crippen LogP contribution in [0.3, 0.4) is 0 Å². The third kappa shape index (κ3) is 2.83. The van der Waals surface area contributed by atoms with E-state index < -0.39 is 0 Å². The normalized spacial score (nSPS) is 13.3. The molecule has 2 aromatic rings. The van der Waals surface area contributed by atoms with Gasteiger partial charge < -0.3 is 10.3 Å². The fraction of sp³-hybridized carbons (Fsp3) is 0.462. The molecule has 1 amide bonds. The number of nitrogens with zero attached hydrogens (tertiary/aromatic N) is 2. The largest absolute Gasteiger partial charge is 0.347 e. The molecule has 0 saturated heterocycles. The number of carbonyl (C=O) groups excluding carboxylic acids is 1. The smallest absolute Gasteiger partial charge is 0.255 e. The molecule has 0 aliphatic rings. The molecular weight excluding hydrogens is 242 g/mol. The Balaban J connectivity index is 2.15. The van der Waals surface area contributed by atoms with E-state index in [0.29, 0.717) is 5.56 Å². The predicted octanol–water partition coefficient (Wildman–Crippen LogP) is 1.92. The summed E-state index contributed by atoms with van der Waals surface area (Å²) in [7, 11) is 0. The zero-order valence-corrected chi connectivity index (χ0v) is 11.6. The monoisotopic (exact) mass is 261 g/mol. The van der Waals surface area contributed by atoms with Crippen molar-refractivity contribution >= 4 is 5.91 Å². The fourth-order valence-electron chi connectivity index (χ4n) is 1.89. The van der Waals surface area contributed by atoms with E-state index in [4.69, 9.17) is 0 Å². The Hall–Kier alpha value is -2.11. The number of aromatic amines is 2. The summed E-state index contributed by atoms with van der Waals surface area (Å²) in [6, 6.07) is -0.176. The van der Waals surface area contributed by atoms with Crippen LogP contribution in [-0.4, -0.2) is 26.1 Å². The molecule has 102 valence electrons. The van der Waals surface area contributed by atoms with Gasteiger partial charge in [-0.2, -0.15) is 5.10 Å². The molecule has 0 spiro atoms. The first-order valence-electron chi connectivity index (χ1n) is 6.23. The summed E-state index contributed by atoms with van der Waals surface area (Å²) in [6.07, 6.45) is 4.96. The van der Waals surface area contributed by atoms with Crippen molar-refractivity contribution in [1.82, 2.24) is 25.5 Å². The minimum absolute atomic E-state index is 0.150. The quantitative estimate of drug-likeness (QED) is 0.789. The SMILES string of the molecule is C[C@@H](NC(=O)c1cn[nH]c1C(C)(C)C)c1ncc[nH]1. The van der Waals surface area contributed by atoms with Crippen molar-refractivity contribution in [3.05, 3.63) is 35.7 Å². The average Bonchev–Trinajstić information content (AvgIpc) is 2.99. The van der Waals surface area contributed by atoms with Crippen LogP contribution in [0.15, 0.2) is 18.6 Å². The van der Waals surface area contributed by atoms with Gasteiger partial charge in [0, 0.05) is 17.8 Å². The number of aromatic nitrogens is 4. The molecule has 0 aromatic carbocycles. The topological polar surface area (TPSA) is 86.5 Å². The van der Waals surface area contributed by atoms with Gasteiger partial charge >= 0.3 is 0 Å². The highest BCUT2D eigenvalue weighted by molar-refractivity contribution is 5.95. The third-order valence-electron chi connectivity index (χ3n) is 2.91. The summed E-state index contributed by atoms with van der Waals surface area (Å²) in [6.45, 7) is 7.99. The number of hydrogen-bond donors (Lipinski definition) is 3. The molecule has 1 atom stereocenters. The highest BCUT2D eigenvalue weighted by Gasteiger charge is 2.25. The average molecular weight is 261 g/mol. The van der Waals surface area contributed by atoms with E-state index in [1.165, 1.54) is 0 Å².